The van der Waals surface area contributed by atoms with Gasteiger partial charge in [-0.2, -0.15) is 0 Å². The molecule has 5 nitrogen and oxygen atoms in total. The number of likely N-dealkylation sites (N-methyl/N-ethyl adjacent to an activating group) is 1. The summed E-state index contributed by atoms with van der Waals surface area (Å²) >= 11 is 4.98. The Balaban J connectivity index is 2.42. The summed E-state index contributed by atoms with van der Waals surface area (Å²) in [5.74, 6) is -1.40. The highest BCUT2D eigenvalue weighted by Crippen LogP contribution is 2.20. The molecule has 1 aromatic rings. The van der Waals surface area contributed by atoms with Crippen LogP contribution in [-0.2, 0) is 16.0 Å². The van der Waals surface area contributed by atoms with Crippen LogP contribution in [0.25, 0.3) is 0 Å². The zero-order valence-corrected chi connectivity index (χ0v) is 12.3. The molecular formula is C11H15BrN2O3S. The number of thiophene rings is 1. The van der Waals surface area contributed by atoms with Crippen molar-refractivity contribution < 1.29 is 14.7 Å². The van der Waals surface area contributed by atoms with Crippen molar-refractivity contribution in [3.8, 4) is 0 Å². The van der Waals surface area contributed by atoms with Gasteiger partial charge in [0.15, 0.2) is 0 Å². The van der Waals surface area contributed by atoms with Crippen LogP contribution >= 0.6 is 27.3 Å². The average molecular weight is 335 g/mol. The van der Waals surface area contributed by atoms with Crippen molar-refractivity contribution in [2.75, 3.05) is 13.6 Å². The molecule has 18 heavy (non-hydrogen) atoms. The topological polar surface area (TPSA) is 83.6 Å². The number of carboxylic acid groups (broad SMARTS) is 1. The van der Waals surface area contributed by atoms with Crippen LogP contribution in [0.15, 0.2) is 15.9 Å². The Morgan fingerprint density at radius 2 is 2.28 bits per heavy atom. The van der Waals surface area contributed by atoms with Gasteiger partial charge in [0.2, 0.25) is 5.91 Å². The van der Waals surface area contributed by atoms with E-state index in [2.05, 4.69) is 15.9 Å². The standard InChI is InChI=1S/C11H15BrN2O3S/c1-14(11(17)9(13)5-10(15)16)3-2-8-4-7(12)6-18-8/h4,6,9H,2-3,5,13H2,1H3,(H,15,16). The summed E-state index contributed by atoms with van der Waals surface area (Å²) in [5.41, 5.74) is 5.52. The van der Waals surface area contributed by atoms with Crippen LogP contribution in [0, 0.1) is 0 Å². The summed E-state index contributed by atoms with van der Waals surface area (Å²) in [7, 11) is 1.63. The Hall–Kier alpha value is -0.920. The first kappa shape index (κ1) is 15.1. The number of rotatable bonds is 6. The molecule has 1 aromatic heterocycles. The van der Waals surface area contributed by atoms with E-state index in [1.54, 1.807) is 18.4 Å². The molecule has 0 aliphatic carbocycles. The molecule has 0 fully saturated rings. The molecule has 0 aromatic carbocycles. The van der Waals surface area contributed by atoms with E-state index < -0.39 is 12.0 Å². The van der Waals surface area contributed by atoms with Gasteiger partial charge in [0.25, 0.3) is 0 Å². The van der Waals surface area contributed by atoms with Gasteiger partial charge >= 0.3 is 5.97 Å². The van der Waals surface area contributed by atoms with Crippen molar-refractivity contribution in [2.45, 2.75) is 18.9 Å². The fourth-order valence-electron chi connectivity index (χ4n) is 1.43. The van der Waals surface area contributed by atoms with Crippen LogP contribution in [0.4, 0.5) is 0 Å². The van der Waals surface area contributed by atoms with E-state index >= 15 is 0 Å². The zero-order chi connectivity index (χ0) is 13.7. The third kappa shape index (κ3) is 4.75. The minimum atomic E-state index is -1.06. The predicted molar refractivity (Wildman–Crippen MR) is 73.6 cm³/mol. The smallest absolute Gasteiger partial charge is 0.305 e. The molecule has 0 bridgehead atoms. The number of hydrogen-bond acceptors (Lipinski definition) is 4. The fraction of sp³-hybridized carbons (Fsp3) is 0.455. The molecule has 1 rings (SSSR count). The minimum absolute atomic E-state index is 0.340. The highest BCUT2D eigenvalue weighted by molar-refractivity contribution is 9.10. The summed E-state index contributed by atoms with van der Waals surface area (Å²) < 4.78 is 1.03. The number of hydrogen-bond donors (Lipinski definition) is 2. The number of carboxylic acids is 1. The van der Waals surface area contributed by atoms with E-state index in [4.69, 9.17) is 10.8 Å². The second-order valence-electron chi connectivity index (χ2n) is 3.95. The van der Waals surface area contributed by atoms with Gasteiger partial charge in [0, 0.05) is 28.3 Å². The fourth-order valence-corrected chi connectivity index (χ4v) is 2.88. The van der Waals surface area contributed by atoms with E-state index in [1.165, 1.54) is 4.90 Å². The Morgan fingerprint density at radius 3 is 2.78 bits per heavy atom. The Labute approximate surface area is 118 Å². The Bertz CT molecular complexity index is 436. The molecule has 1 heterocycles. The second kappa shape index (κ2) is 6.86. The molecule has 7 heteroatoms. The quantitative estimate of drug-likeness (QED) is 0.821. The van der Waals surface area contributed by atoms with Crippen LogP contribution < -0.4 is 5.73 Å². The predicted octanol–water partition coefficient (Wildman–Crippen LogP) is 1.31. The molecular weight excluding hydrogens is 320 g/mol. The van der Waals surface area contributed by atoms with Crippen LogP contribution in [-0.4, -0.2) is 41.5 Å². The van der Waals surface area contributed by atoms with Gasteiger partial charge < -0.3 is 15.7 Å². The Kier molecular flexibility index (Phi) is 5.77. The first-order chi connectivity index (χ1) is 8.40. The van der Waals surface area contributed by atoms with Crippen molar-refractivity contribution in [2.24, 2.45) is 5.73 Å². The number of halogens is 1. The first-order valence-electron chi connectivity index (χ1n) is 5.35. The van der Waals surface area contributed by atoms with E-state index in [0.717, 1.165) is 15.8 Å². The highest BCUT2D eigenvalue weighted by atomic mass is 79.9. The van der Waals surface area contributed by atoms with Gasteiger partial charge in [-0.15, -0.1) is 11.3 Å². The van der Waals surface area contributed by atoms with Crippen molar-refractivity contribution in [1.82, 2.24) is 4.90 Å². The van der Waals surface area contributed by atoms with Crippen molar-refractivity contribution >= 4 is 39.1 Å². The summed E-state index contributed by atoms with van der Waals surface area (Å²) in [6.45, 7) is 0.527. The number of nitrogens with two attached hydrogens (primary N) is 1. The maximum Gasteiger partial charge on any atom is 0.305 e. The molecule has 3 N–H and O–H groups in total. The molecule has 0 aliphatic heterocycles. The molecule has 1 atom stereocenters. The normalized spacial score (nSPS) is 12.2. The summed E-state index contributed by atoms with van der Waals surface area (Å²) in [6.07, 6.45) is 0.395. The molecule has 0 spiro atoms. The zero-order valence-electron chi connectivity index (χ0n) is 9.93. The van der Waals surface area contributed by atoms with E-state index in [-0.39, 0.29) is 12.3 Å². The largest absolute Gasteiger partial charge is 0.481 e. The van der Waals surface area contributed by atoms with Gasteiger partial charge in [-0.3, -0.25) is 9.59 Å². The summed E-state index contributed by atoms with van der Waals surface area (Å²) in [6, 6.07) is 1.03. The summed E-state index contributed by atoms with van der Waals surface area (Å²) in [4.78, 5) is 24.8. The van der Waals surface area contributed by atoms with Gasteiger partial charge in [-0.25, -0.2) is 0 Å². The maximum absolute atomic E-state index is 11.7. The van der Waals surface area contributed by atoms with Crippen LogP contribution in [0.3, 0.4) is 0 Å². The maximum atomic E-state index is 11.7. The van der Waals surface area contributed by atoms with Crippen molar-refractivity contribution in [1.29, 1.82) is 0 Å². The highest BCUT2D eigenvalue weighted by Gasteiger charge is 2.20. The molecule has 100 valence electrons. The average Bonchev–Trinajstić information content (AvgIpc) is 2.70. The number of nitrogens with zero attached hydrogens (tertiary/aromatic N) is 1. The third-order valence-corrected chi connectivity index (χ3v) is 4.16. The molecule has 0 radical (unpaired) electrons. The van der Waals surface area contributed by atoms with E-state index in [0.29, 0.717) is 6.54 Å². The number of carbonyl (C=O) groups excluding carboxylic acids is 1. The van der Waals surface area contributed by atoms with Crippen LogP contribution in [0.5, 0.6) is 0 Å². The molecule has 1 amide bonds. The lowest BCUT2D eigenvalue weighted by molar-refractivity contribution is -0.141. The SMILES string of the molecule is CN(CCc1cc(Br)cs1)C(=O)C(N)CC(=O)O. The molecule has 0 saturated carbocycles. The van der Waals surface area contributed by atoms with Gasteiger partial charge in [0.1, 0.15) is 0 Å². The lowest BCUT2D eigenvalue weighted by Gasteiger charge is -2.20. The van der Waals surface area contributed by atoms with E-state index in [1.807, 2.05) is 11.4 Å². The molecule has 1 unspecified atom stereocenters. The Morgan fingerprint density at radius 1 is 1.61 bits per heavy atom. The van der Waals surface area contributed by atoms with Gasteiger partial charge in [0.05, 0.1) is 12.5 Å². The van der Waals surface area contributed by atoms with Crippen LogP contribution in [0.1, 0.15) is 11.3 Å². The lowest BCUT2D eigenvalue weighted by atomic mass is 10.2. The molecule has 0 saturated heterocycles. The number of aliphatic carboxylic acids is 1. The van der Waals surface area contributed by atoms with Crippen molar-refractivity contribution in [3.63, 3.8) is 0 Å². The van der Waals surface area contributed by atoms with Crippen LogP contribution in [0.2, 0.25) is 0 Å². The minimum Gasteiger partial charge on any atom is -0.481 e. The van der Waals surface area contributed by atoms with E-state index in [9.17, 15) is 9.59 Å². The number of carbonyl (C=O) groups is 2. The lowest BCUT2D eigenvalue weighted by Crippen LogP contribution is -2.43. The van der Waals surface area contributed by atoms with Gasteiger partial charge in [-0.05, 0) is 28.4 Å². The van der Waals surface area contributed by atoms with Gasteiger partial charge in [-0.1, -0.05) is 0 Å². The molecule has 0 aliphatic rings. The first-order valence-corrected chi connectivity index (χ1v) is 7.02. The monoisotopic (exact) mass is 334 g/mol. The second-order valence-corrected chi connectivity index (χ2v) is 5.86. The van der Waals surface area contributed by atoms with Crippen molar-refractivity contribution in [3.05, 3.63) is 20.8 Å². The summed E-state index contributed by atoms with van der Waals surface area (Å²) in [5, 5.41) is 10.6. The number of amides is 1. The third-order valence-electron chi connectivity index (χ3n) is 2.40.